The number of carbonyl (C=O) groups excluding carboxylic acids is 1. The molecule has 1 atom stereocenters. The number of methoxy groups -OCH3 is 1. The number of imidazole rings is 1. The molecule has 1 amide bonds. The molecule has 3 aromatic rings. The van der Waals surface area contributed by atoms with E-state index in [4.69, 9.17) is 4.74 Å². The van der Waals surface area contributed by atoms with Crippen molar-refractivity contribution in [2.75, 3.05) is 20.2 Å². The molecule has 9 heteroatoms. The number of amides is 1. The number of hydrogen-bond donors (Lipinski definition) is 1. The Kier molecular flexibility index (Phi) is 6.24. The number of rotatable bonds is 8. The van der Waals surface area contributed by atoms with Crippen LogP contribution in [-0.4, -0.2) is 54.4 Å². The predicted octanol–water partition coefficient (Wildman–Crippen LogP) is 2.40. The van der Waals surface area contributed by atoms with Crippen LogP contribution in [0.1, 0.15) is 19.3 Å². The first-order chi connectivity index (χ1) is 15.0. The van der Waals surface area contributed by atoms with Gasteiger partial charge in [0.15, 0.2) is 0 Å². The van der Waals surface area contributed by atoms with E-state index < -0.39 is 16.1 Å². The summed E-state index contributed by atoms with van der Waals surface area (Å²) in [5, 5.41) is 2.91. The van der Waals surface area contributed by atoms with E-state index >= 15 is 0 Å². The molecule has 0 saturated carbocycles. The lowest BCUT2D eigenvalue weighted by molar-refractivity contribution is -0.124. The molecule has 31 heavy (non-hydrogen) atoms. The average Bonchev–Trinajstić information content (AvgIpc) is 3.45. The molecule has 0 radical (unpaired) electrons. The normalized spacial score (nSPS) is 17.1. The molecule has 1 N–H and O–H groups in total. The zero-order valence-electron chi connectivity index (χ0n) is 17.4. The fraction of sp³-hybridized carbons (Fsp3) is 0.364. The van der Waals surface area contributed by atoms with Gasteiger partial charge < -0.3 is 14.6 Å². The van der Waals surface area contributed by atoms with Crippen LogP contribution in [0.15, 0.2) is 59.8 Å². The highest BCUT2D eigenvalue weighted by Gasteiger charge is 2.39. The molecule has 8 nitrogen and oxygen atoms in total. The zero-order chi connectivity index (χ0) is 21.8. The van der Waals surface area contributed by atoms with E-state index in [0.717, 1.165) is 24.0 Å². The number of ether oxygens (including phenoxy) is 1. The van der Waals surface area contributed by atoms with Gasteiger partial charge in [-0.2, -0.15) is 4.31 Å². The van der Waals surface area contributed by atoms with E-state index in [1.807, 2.05) is 24.3 Å². The summed E-state index contributed by atoms with van der Waals surface area (Å²) in [6.45, 7) is 1.53. The molecular formula is C22H26N4O4S. The molecule has 0 unspecified atom stereocenters. The van der Waals surface area contributed by atoms with Gasteiger partial charge in [0.2, 0.25) is 15.9 Å². The summed E-state index contributed by atoms with van der Waals surface area (Å²) >= 11 is 0. The van der Waals surface area contributed by atoms with Gasteiger partial charge in [-0.3, -0.25) is 4.79 Å². The minimum Gasteiger partial charge on any atom is -0.497 e. The SMILES string of the molecule is COc1ccc(S(=O)(=O)N2CCC[C@@H]2C(=O)NCCCn2cnc3ccccc32)cc1. The fourth-order valence-electron chi connectivity index (χ4n) is 3.94. The van der Waals surface area contributed by atoms with Crippen LogP contribution in [0.3, 0.4) is 0 Å². The fourth-order valence-corrected chi connectivity index (χ4v) is 5.60. The number of aryl methyl sites for hydroxylation is 1. The van der Waals surface area contributed by atoms with Crippen molar-refractivity contribution in [2.24, 2.45) is 0 Å². The Balaban J connectivity index is 1.35. The third kappa shape index (κ3) is 4.42. The van der Waals surface area contributed by atoms with Crippen LogP contribution in [0.5, 0.6) is 5.75 Å². The third-order valence-corrected chi connectivity index (χ3v) is 7.50. The summed E-state index contributed by atoms with van der Waals surface area (Å²) in [5.41, 5.74) is 2.00. The average molecular weight is 443 g/mol. The Morgan fingerprint density at radius 1 is 1.19 bits per heavy atom. The predicted molar refractivity (Wildman–Crippen MR) is 117 cm³/mol. The number of fused-ring (bicyclic) bond motifs is 1. The standard InChI is InChI=1S/C22H26N4O4S/c1-30-17-9-11-18(12-10-17)31(28,29)26-15-4-8-21(26)22(27)23-13-5-14-25-16-24-19-6-2-3-7-20(19)25/h2-3,6-7,9-12,16,21H,4-5,8,13-15H2,1H3,(H,23,27)/t21-/m1/s1. The highest BCUT2D eigenvalue weighted by Crippen LogP contribution is 2.27. The number of aromatic nitrogens is 2. The number of nitrogens with one attached hydrogen (secondary N) is 1. The minimum absolute atomic E-state index is 0.167. The van der Waals surface area contributed by atoms with Gasteiger partial charge in [0, 0.05) is 19.6 Å². The highest BCUT2D eigenvalue weighted by atomic mass is 32.2. The van der Waals surface area contributed by atoms with E-state index in [9.17, 15) is 13.2 Å². The second-order valence-corrected chi connectivity index (χ2v) is 9.41. The third-order valence-electron chi connectivity index (χ3n) is 5.57. The molecule has 0 aliphatic carbocycles. The number of sulfonamides is 1. The summed E-state index contributed by atoms with van der Waals surface area (Å²) in [4.78, 5) is 17.3. The number of nitrogens with zero attached hydrogens (tertiary/aromatic N) is 3. The van der Waals surface area contributed by atoms with Gasteiger partial charge in [0.25, 0.3) is 0 Å². The first-order valence-electron chi connectivity index (χ1n) is 10.3. The summed E-state index contributed by atoms with van der Waals surface area (Å²) in [6.07, 6.45) is 3.71. The van der Waals surface area contributed by atoms with E-state index in [-0.39, 0.29) is 10.8 Å². The molecule has 2 heterocycles. The molecule has 1 aliphatic heterocycles. The molecule has 0 spiro atoms. The van der Waals surface area contributed by atoms with Crippen molar-refractivity contribution in [2.45, 2.75) is 36.7 Å². The topological polar surface area (TPSA) is 93.5 Å². The van der Waals surface area contributed by atoms with E-state index in [0.29, 0.717) is 31.7 Å². The molecule has 1 fully saturated rings. The maximum Gasteiger partial charge on any atom is 0.243 e. The number of para-hydroxylation sites is 2. The van der Waals surface area contributed by atoms with E-state index in [2.05, 4.69) is 14.9 Å². The highest BCUT2D eigenvalue weighted by molar-refractivity contribution is 7.89. The largest absolute Gasteiger partial charge is 0.497 e. The van der Waals surface area contributed by atoms with Gasteiger partial charge in [-0.05, 0) is 55.7 Å². The van der Waals surface area contributed by atoms with Crippen LogP contribution in [0.4, 0.5) is 0 Å². The first kappa shape index (κ1) is 21.3. The van der Waals surface area contributed by atoms with Gasteiger partial charge in [-0.1, -0.05) is 12.1 Å². The van der Waals surface area contributed by atoms with Crippen LogP contribution in [0, 0.1) is 0 Å². The maximum absolute atomic E-state index is 13.1. The smallest absolute Gasteiger partial charge is 0.243 e. The summed E-state index contributed by atoms with van der Waals surface area (Å²) in [7, 11) is -2.22. The molecular weight excluding hydrogens is 416 g/mol. The molecule has 164 valence electrons. The molecule has 1 aromatic heterocycles. The summed E-state index contributed by atoms with van der Waals surface area (Å²) < 4.78 is 34.6. The molecule has 1 aliphatic rings. The van der Waals surface area contributed by atoms with Crippen molar-refractivity contribution in [1.29, 1.82) is 0 Å². The second-order valence-electron chi connectivity index (χ2n) is 7.52. The van der Waals surface area contributed by atoms with Gasteiger partial charge in [0.05, 0.1) is 29.4 Å². The lowest BCUT2D eigenvalue weighted by Crippen LogP contribution is -2.46. The summed E-state index contributed by atoms with van der Waals surface area (Å²) in [5.74, 6) is 0.338. The van der Waals surface area contributed by atoms with E-state index in [1.54, 1.807) is 18.5 Å². The quantitative estimate of drug-likeness (QED) is 0.541. The summed E-state index contributed by atoms with van der Waals surface area (Å²) in [6, 6.07) is 13.5. The Hall–Kier alpha value is -2.91. The molecule has 0 bridgehead atoms. The number of carbonyl (C=O) groups is 1. The molecule has 4 rings (SSSR count). The van der Waals surface area contributed by atoms with Crippen molar-refractivity contribution in [3.05, 3.63) is 54.9 Å². The monoisotopic (exact) mass is 442 g/mol. The van der Waals surface area contributed by atoms with Gasteiger partial charge >= 0.3 is 0 Å². The maximum atomic E-state index is 13.1. The Morgan fingerprint density at radius 3 is 2.74 bits per heavy atom. The van der Waals surface area contributed by atoms with Gasteiger partial charge in [-0.15, -0.1) is 0 Å². The van der Waals surface area contributed by atoms with Crippen LogP contribution in [0.25, 0.3) is 11.0 Å². The Bertz CT molecular complexity index is 1160. The van der Waals surface area contributed by atoms with Gasteiger partial charge in [0.1, 0.15) is 11.8 Å². The van der Waals surface area contributed by atoms with Crippen LogP contribution < -0.4 is 10.1 Å². The second kappa shape index (κ2) is 9.07. The van der Waals surface area contributed by atoms with Crippen molar-refractivity contribution in [3.8, 4) is 5.75 Å². The first-order valence-corrected chi connectivity index (χ1v) is 11.8. The molecule has 2 aromatic carbocycles. The minimum atomic E-state index is -3.74. The van der Waals surface area contributed by atoms with Crippen molar-refractivity contribution in [3.63, 3.8) is 0 Å². The Morgan fingerprint density at radius 2 is 1.97 bits per heavy atom. The van der Waals surface area contributed by atoms with Crippen molar-refractivity contribution >= 4 is 27.0 Å². The van der Waals surface area contributed by atoms with Crippen LogP contribution in [0.2, 0.25) is 0 Å². The van der Waals surface area contributed by atoms with E-state index in [1.165, 1.54) is 23.5 Å². The van der Waals surface area contributed by atoms with Crippen molar-refractivity contribution < 1.29 is 17.9 Å². The lowest BCUT2D eigenvalue weighted by atomic mass is 10.2. The Labute approximate surface area is 181 Å². The van der Waals surface area contributed by atoms with Gasteiger partial charge in [-0.25, -0.2) is 13.4 Å². The number of benzene rings is 2. The lowest BCUT2D eigenvalue weighted by Gasteiger charge is -2.23. The van der Waals surface area contributed by atoms with Crippen LogP contribution >= 0.6 is 0 Å². The van der Waals surface area contributed by atoms with Crippen LogP contribution in [-0.2, 0) is 21.4 Å². The van der Waals surface area contributed by atoms with Crippen molar-refractivity contribution in [1.82, 2.24) is 19.2 Å². The zero-order valence-corrected chi connectivity index (χ0v) is 18.2. The molecule has 1 saturated heterocycles. The number of hydrogen-bond acceptors (Lipinski definition) is 5.